The summed E-state index contributed by atoms with van der Waals surface area (Å²) in [4.78, 5) is 2.66. The summed E-state index contributed by atoms with van der Waals surface area (Å²) in [6.07, 6.45) is 2.68. The van der Waals surface area contributed by atoms with Crippen molar-refractivity contribution >= 4 is 21.4 Å². The fraction of sp³-hybridized carbons (Fsp3) is 0.556. The molecule has 3 heteroatoms. The van der Waals surface area contributed by atoms with Gasteiger partial charge in [0, 0.05) is 10.2 Å². The molecule has 1 aromatic heterocycles. The summed E-state index contributed by atoms with van der Waals surface area (Å²) in [5, 5.41) is 7.34. The van der Waals surface area contributed by atoms with E-state index < -0.39 is 0 Å². The quantitative estimate of drug-likeness (QED) is 0.879. The summed E-state index contributed by atoms with van der Waals surface area (Å²) in [6, 6.07) is 9.35. The van der Waals surface area contributed by atoms with Gasteiger partial charge < -0.3 is 5.32 Å². The Morgan fingerprint density at radius 3 is 2.71 bits per heavy atom. The average molecular weight is 302 g/mol. The molecule has 1 aliphatic heterocycles. The van der Waals surface area contributed by atoms with Crippen molar-refractivity contribution in [2.45, 2.75) is 45.2 Å². The first-order valence-corrected chi connectivity index (χ1v) is 8.97. The third-order valence-electron chi connectivity index (χ3n) is 4.86. The van der Waals surface area contributed by atoms with Gasteiger partial charge in [0.25, 0.3) is 0 Å². The van der Waals surface area contributed by atoms with Crippen LogP contribution in [0.2, 0.25) is 0 Å². The molecule has 114 valence electrons. The molecule has 1 fully saturated rings. The summed E-state index contributed by atoms with van der Waals surface area (Å²) in [5.41, 5.74) is 1.60. The van der Waals surface area contributed by atoms with Gasteiger partial charge in [0.15, 0.2) is 0 Å². The summed E-state index contributed by atoms with van der Waals surface area (Å²) in [7, 11) is 0. The minimum absolute atomic E-state index is 0.144. The molecular weight excluding hydrogens is 276 g/mol. The molecule has 0 bridgehead atoms. The predicted octanol–water partition coefficient (Wildman–Crippen LogP) is 4.43. The highest BCUT2D eigenvalue weighted by molar-refractivity contribution is 7.17. The van der Waals surface area contributed by atoms with Crippen LogP contribution in [0.5, 0.6) is 0 Å². The number of likely N-dealkylation sites (N-methyl/N-ethyl adjacent to an activating group) is 1. The Labute approximate surface area is 132 Å². The Morgan fingerprint density at radius 1 is 1.24 bits per heavy atom. The molecule has 2 aromatic rings. The molecule has 1 N–H and O–H groups in total. The van der Waals surface area contributed by atoms with Crippen molar-refractivity contribution in [2.24, 2.45) is 0 Å². The summed E-state index contributed by atoms with van der Waals surface area (Å²) < 4.78 is 1.44. The Balaban J connectivity index is 2.02. The normalized spacial score (nSPS) is 18.4. The molecule has 2 nitrogen and oxygen atoms in total. The van der Waals surface area contributed by atoms with E-state index in [1.165, 1.54) is 41.6 Å². The average Bonchev–Trinajstić information content (AvgIpc) is 3.14. The number of benzene rings is 1. The van der Waals surface area contributed by atoms with Crippen LogP contribution in [0.15, 0.2) is 29.6 Å². The van der Waals surface area contributed by atoms with Crippen molar-refractivity contribution in [3.05, 3.63) is 35.2 Å². The molecule has 0 spiro atoms. The maximum absolute atomic E-state index is 3.76. The van der Waals surface area contributed by atoms with Gasteiger partial charge in [-0.05, 0) is 68.7 Å². The van der Waals surface area contributed by atoms with Gasteiger partial charge in [-0.15, -0.1) is 11.3 Å². The SMILES string of the molecule is CCNC(c1cccc2ccsc12)C(C)(C)N1CCCC1. The van der Waals surface area contributed by atoms with E-state index in [9.17, 15) is 0 Å². The van der Waals surface area contributed by atoms with Crippen LogP contribution in [0.3, 0.4) is 0 Å². The molecule has 0 amide bonds. The lowest BCUT2D eigenvalue weighted by Gasteiger charge is -2.43. The van der Waals surface area contributed by atoms with E-state index in [-0.39, 0.29) is 5.54 Å². The van der Waals surface area contributed by atoms with Gasteiger partial charge in [0.05, 0.1) is 6.04 Å². The first-order chi connectivity index (χ1) is 10.1. The molecule has 1 unspecified atom stereocenters. The largest absolute Gasteiger partial charge is 0.309 e. The number of nitrogens with zero attached hydrogens (tertiary/aromatic N) is 1. The highest BCUT2D eigenvalue weighted by Gasteiger charge is 2.37. The summed E-state index contributed by atoms with van der Waals surface area (Å²) in [6.45, 7) is 10.5. The number of hydrogen-bond acceptors (Lipinski definition) is 3. The molecule has 1 saturated heterocycles. The molecule has 21 heavy (non-hydrogen) atoms. The second-order valence-electron chi connectivity index (χ2n) is 6.52. The number of hydrogen-bond donors (Lipinski definition) is 1. The van der Waals surface area contributed by atoms with Crippen molar-refractivity contribution in [2.75, 3.05) is 19.6 Å². The lowest BCUT2D eigenvalue weighted by atomic mass is 9.86. The van der Waals surface area contributed by atoms with E-state index >= 15 is 0 Å². The third-order valence-corrected chi connectivity index (χ3v) is 5.84. The zero-order chi connectivity index (χ0) is 14.9. The van der Waals surface area contributed by atoms with Crippen molar-refractivity contribution < 1.29 is 0 Å². The van der Waals surface area contributed by atoms with Crippen LogP contribution in [-0.2, 0) is 0 Å². The molecular formula is C18H26N2S. The minimum atomic E-state index is 0.144. The first kappa shape index (κ1) is 15.0. The van der Waals surface area contributed by atoms with E-state index in [4.69, 9.17) is 0 Å². The maximum Gasteiger partial charge on any atom is 0.0515 e. The van der Waals surface area contributed by atoms with Crippen LogP contribution >= 0.6 is 11.3 Å². The van der Waals surface area contributed by atoms with Gasteiger partial charge >= 0.3 is 0 Å². The van der Waals surface area contributed by atoms with Gasteiger partial charge in [-0.2, -0.15) is 0 Å². The summed E-state index contributed by atoms with van der Waals surface area (Å²) in [5.74, 6) is 0. The maximum atomic E-state index is 3.76. The Kier molecular flexibility index (Phi) is 4.34. The van der Waals surface area contributed by atoms with Crippen molar-refractivity contribution in [3.63, 3.8) is 0 Å². The number of nitrogens with one attached hydrogen (secondary N) is 1. The minimum Gasteiger partial charge on any atom is -0.309 e. The second-order valence-corrected chi connectivity index (χ2v) is 7.44. The van der Waals surface area contributed by atoms with Crippen LogP contribution in [0, 0.1) is 0 Å². The summed E-state index contributed by atoms with van der Waals surface area (Å²) >= 11 is 1.87. The fourth-order valence-corrected chi connectivity index (χ4v) is 4.61. The van der Waals surface area contributed by atoms with E-state index in [1.807, 2.05) is 11.3 Å². The second kappa shape index (κ2) is 6.07. The van der Waals surface area contributed by atoms with Crippen LogP contribution in [0.25, 0.3) is 10.1 Å². The Hall–Kier alpha value is -0.900. The van der Waals surface area contributed by atoms with E-state index in [0.717, 1.165) is 6.54 Å². The molecule has 1 aliphatic rings. The van der Waals surface area contributed by atoms with Crippen molar-refractivity contribution in [1.82, 2.24) is 10.2 Å². The van der Waals surface area contributed by atoms with Gasteiger partial charge in [-0.25, -0.2) is 0 Å². The molecule has 3 rings (SSSR count). The lowest BCUT2D eigenvalue weighted by Crippen LogP contribution is -2.51. The van der Waals surface area contributed by atoms with E-state index in [1.54, 1.807) is 0 Å². The molecule has 2 heterocycles. The van der Waals surface area contributed by atoms with Gasteiger partial charge in [-0.3, -0.25) is 4.90 Å². The van der Waals surface area contributed by atoms with Gasteiger partial charge in [0.2, 0.25) is 0 Å². The van der Waals surface area contributed by atoms with Crippen LogP contribution in [0.4, 0.5) is 0 Å². The molecule has 1 aromatic carbocycles. The number of fused-ring (bicyclic) bond motifs is 1. The molecule has 1 atom stereocenters. The number of rotatable bonds is 5. The topological polar surface area (TPSA) is 15.3 Å². The van der Waals surface area contributed by atoms with Gasteiger partial charge in [0.1, 0.15) is 0 Å². The molecule has 0 aliphatic carbocycles. The Morgan fingerprint density at radius 2 is 2.00 bits per heavy atom. The van der Waals surface area contributed by atoms with E-state index in [0.29, 0.717) is 6.04 Å². The molecule has 0 saturated carbocycles. The number of likely N-dealkylation sites (tertiary alicyclic amines) is 1. The monoisotopic (exact) mass is 302 g/mol. The third kappa shape index (κ3) is 2.75. The zero-order valence-corrected chi connectivity index (χ0v) is 14.2. The van der Waals surface area contributed by atoms with E-state index in [2.05, 4.69) is 60.6 Å². The molecule has 0 radical (unpaired) electrons. The highest BCUT2D eigenvalue weighted by Crippen LogP contribution is 2.38. The fourth-order valence-electron chi connectivity index (χ4n) is 3.66. The van der Waals surface area contributed by atoms with Crippen molar-refractivity contribution in [3.8, 4) is 0 Å². The Bertz CT molecular complexity index is 596. The smallest absolute Gasteiger partial charge is 0.0515 e. The first-order valence-electron chi connectivity index (χ1n) is 8.09. The van der Waals surface area contributed by atoms with Gasteiger partial charge in [-0.1, -0.05) is 25.1 Å². The van der Waals surface area contributed by atoms with Crippen molar-refractivity contribution in [1.29, 1.82) is 0 Å². The highest BCUT2D eigenvalue weighted by atomic mass is 32.1. The van der Waals surface area contributed by atoms with Crippen LogP contribution in [0.1, 0.15) is 45.2 Å². The van der Waals surface area contributed by atoms with Crippen LogP contribution in [-0.4, -0.2) is 30.1 Å². The lowest BCUT2D eigenvalue weighted by molar-refractivity contribution is 0.108. The standard InChI is InChI=1S/C18H26N2S/c1-4-19-17(18(2,3)20-11-5-6-12-20)15-9-7-8-14-10-13-21-16(14)15/h7-10,13,17,19H,4-6,11-12H2,1-3H3. The van der Waals surface area contributed by atoms with Crippen LogP contribution < -0.4 is 5.32 Å². The zero-order valence-electron chi connectivity index (χ0n) is 13.4. The number of thiophene rings is 1. The predicted molar refractivity (Wildman–Crippen MR) is 93.1 cm³/mol.